The van der Waals surface area contributed by atoms with Gasteiger partial charge < -0.3 is 14.5 Å². The van der Waals surface area contributed by atoms with Gasteiger partial charge in [-0.25, -0.2) is 0 Å². The van der Waals surface area contributed by atoms with E-state index in [1.54, 1.807) is 24.8 Å². The van der Waals surface area contributed by atoms with E-state index in [0.29, 0.717) is 24.9 Å². The summed E-state index contributed by atoms with van der Waals surface area (Å²) in [5.41, 5.74) is -2.63. The van der Waals surface area contributed by atoms with Crippen LogP contribution in [0.2, 0.25) is 0 Å². The molecule has 1 amide bonds. The Labute approximate surface area is 207 Å². The number of piperazine rings is 1. The minimum atomic E-state index is -4.73. The zero-order valence-corrected chi connectivity index (χ0v) is 20.8. The van der Waals surface area contributed by atoms with Crippen LogP contribution in [0.4, 0.5) is 18.9 Å². The average molecular weight is 514 g/mol. The van der Waals surface area contributed by atoms with Crippen LogP contribution < -0.4 is 4.90 Å². The zero-order chi connectivity index (χ0) is 25.3. The van der Waals surface area contributed by atoms with E-state index in [1.807, 2.05) is 11.8 Å². The molecule has 2 fully saturated rings. The van der Waals surface area contributed by atoms with Crippen LogP contribution in [0.15, 0.2) is 18.2 Å². The zero-order valence-electron chi connectivity index (χ0n) is 19.2. The van der Waals surface area contributed by atoms with Crippen molar-refractivity contribution >= 4 is 46.3 Å². The Morgan fingerprint density at radius 2 is 1.85 bits per heavy atom. The van der Waals surface area contributed by atoms with Gasteiger partial charge in [-0.05, 0) is 63.4 Å². The highest BCUT2D eigenvalue weighted by molar-refractivity contribution is 7.80. The molecule has 184 valence electrons. The Morgan fingerprint density at radius 1 is 1.21 bits per heavy atom. The topological polar surface area (TPSA) is 63.1 Å². The van der Waals surface area contributed by atoms with E-state index in [1.165, 1.54) is 6.07 Å². The molecule has 2 aliphatic rings. The van der Waals surface area contributed by atoms with Crippen LogP contribution in [-0.4, -0.2) is 82.3 Å². The van der Waals surface area contributed by atoms with Crippen molar-refractivity contribution in [3.8, 4) is 6.07 Å². The first-order valence-corrected chi connectivity index (χ1v) is 11.6. The molecule has 2 aliphatic heterocycles. The quantitative estimate of drug-likeness (QED) is 0.557. The van der Waals surface area contributed by atoms with Crippen LogP contribution in [-0.2, 0) is 15.7 Å². The average Bonchev–Trinajstić information content (AvgIpc) is 2.95. The molecule has 3 rings (SSSR count). The summed E-state index contributed by atoms with van der Waals surface area (Å²) in [6, 6.07) is 4.74. The normalized spacial score (nSPS) is 18.9. The van der Waals surface area contributed by atoms with Gasteiger partial charge in [0.2, 0.25) is 0 Å². The van der Waals surface area contributed by atoms with E-state index in [0.717, 1.165) is 43.2 Å². The van der Waals surface area contributed by atoms with Crippen LogP contribution in [0.3, 0.4) is 0 Å². The Bertz CT molecular complexity index is 1020. The predicted octanol–water partition coefficient (Wildman–Crippen LogP) is 3.23. The number of nitrogens with zero attached hydrogens (tertiary/aromatic N) is 5. The molecular formula is C22H26F3N5O2S2. The molecule has 0 spiro atoms. The van der Waals surface area contributed by atoms with Crippen LogP contribution in [0, 0.1) is 11.3 Å². The largest absolute Gasteiger partial charge is 0.471 e. The fourth-order valence-corrected chi connectivity index (χ4v) is 4.86. The van der Waals surface area contributed by atoms with Crippen molar-refractivity contribution in [1.29, 1.82) is 5.26 Å². The number of nitriles is 1. The number of halogens is 3. The van der Waals surface area contributed by atoms with Crippen molar-refractivity contribution < 1.29 is 22.7 Å². The first-order chi connectivity index (χ1) is 15.9. The molecule has 0 atom stereocenters. The number of carbonyl (C=O) groups is 1. The minimum Gasteiger partial charge on any atom is -0.471 e. The minimum absolute atomic E-state index is 0.00468. The molecule has 0 bridgehead atoms. The number of anilines is 1. The van der Waals surface area contributed by atoms with Gasteiger partial charge in [0.15, 0.2) is 5.11 Å². The lowest BCUT2D eigenvalue weighted by molar-refractivity contribution is -0.137. The first-order valence-electron chi connectivity index (χ1n) is 10.8. The molecule has 34 heavy (non-hydrogen) atoms. The Morgan fingerprint density at radius 3 is 2.41 bits per heavy atom. The van der Waals surface area contributed by atoms with Crippen LogP contribution >= 0.6 is 24.4 Å². The number of rotatable bonds is 5. The number of amides is 1. The molecule has 1 aromatic rings. The van der Waals surface area contributed by atoms with Crippen molar-refractivity contribution in [2.45, 2.75) is 32.5 Å². The van der Waals surface area contributed by atoms with E-state index >= 15 is 0 Å². The third kappa shape index (κ3) is 5.11. The van der Waals surface area contributed by atoms with Crippen molar-refractivity contribution in [2.75, 3.05) is 50.8 Å². The molecule has 1 aromatic carbocycles. The lowest BCUT2D eigenvalue weighted by atomic mass is 10.0. The highest BCUT2D eigenvalue weighted by Gasteiger charge is 2.49. The van der Waals surface area contributed by atoms with Gasteiger partial charge in [-0.2, -0.15) is 18.4 Å². The van der Waals surface area contributed by atoms with Crippen LogP contribution in [0.25, 0.3) is 0 Å². The molecular weight excluding hydrogens is 487 g/mol. The molecule has 2 saturated heterocycles. The summed E-state index contributed by atoms with van der Waals surface area (Å²) in [4.78, 5) is 20.3. The molecule has 0 saturated carbocycles. The monoisotopic (exact) mass is 513 g/mol. The van der Waals surface area contributed by atoms with E-state index in [4.69, 9.17) is 34.4 Å². The van der Waals surface area contributed by atoms with E-state index in [-0.39, 0.29) is 10.8 Å². The number of hydrogen-bond donors (Lipinski definition) is 0. The van der Waals surface area contributed by atoms with Gasteiger partial charge in [0, 0.05) is 39.3 Å². The lowest BCUT2D eigenvalue weighted by Crippen LogP contribution is -2.52. The Hall–Kier alpha value is -2.49. The summed E-state index contributed by atoms with van der Waals surface area (Å²) in [5, 5.41) is 9.68. The Balaban J connectivity index is 1.73. The smallest absolute Gasteiger partial charge is 0.417 e. The fraction of sp³-hybridized carbons (Fsp3) is 0.545. The number of hydrogen-bond acceptors (Lipinski definition) is 6. The number of carbonyl (C=O) groups excluding carboxylic acids is 1. The molecule has 0 unspecified atom stereocenters. The Kier molecular flexibility index (Phi) is 7.69. The number of alkyl halides is 3. The summed E-state index contributed by atoms with van der Waals surface area (Å²) >= 11 is 10.8. The highest BCUT2D eigenvalue weighted by atomic mass is 32.1. The number of benzene rings is 1. The maximum atomic E-state index is 13.4. The van der Waals surface area contributed by atoms with Gasteiger partial charge in [0.25, 0.3) is 11.1 Å². The molecule has 0 N–H and O–H groups in total. The standard InChI is InChI=1S/C22H26F3N5O2S2/c1-4-32-20(34)28-10-7-27(8-11-28)9-12-29-19(33)30(18(31)21(29,2)3)16-6-5-15(14-26)17(13-16)22(23,24)25/h5-6,13H,4,7-12H2,1-3H3. The van der Waals surface area contributed by atoms with Crippen molar-refractivity contribution in [2.24, 2.45) is 0 Å². The summed E-state index contributed by atoms with van der Waals surface area (Å²) in [6.07, 6.45) is -4.73. The molecule has 2 heterocycles. The fourth-order valence-electron chi connectivity index (χ4n) is 4.05. The summed E-state index contributed by atoms with van der Waals surface area (Å²) in [7, 11) is 0. The van der Waals surface area contributed by atoms with Crippen molar-refractivity contribution in [3.05, 3.63) is 29.3 Å². The molecule has 0 aromatic heterocycles. The van der Waals surface area contributed by atoms with Crippen LogP contribution in [0.1, 0.15) is 31.9 Å². The molecule has 12 heteroatoms. The van der Waals surface area contributed by atoms with E-state index in [9.17, 15) is 18.0 Å². The second kappa shape index (κ2) is 10.0. The molecule has 7 nitrogen and oxygen atoms in total. The number of thiocarbonyl (C=S) groups is 2. The van der Waals surface area contributed by atoms with E-state index in [2.05, 4.69) is 4.90 Å². The first kappa shape index (κ1) is 26.1. The van der Waals surface area contributed by atoms with Gasteiger partial charge in [-0.15, -0.1) is 0 Å². The summed E-state index contributed by atoms with van der Waals surface area (Å²) < 4.78 is 45.7. The summed E-state index contributed by atoms with van der Waals surface area (Å²) in [5.74, 6) is -0.415. The maximum Gasteiger partial charge on any atom is 0.417 e. The third-order valence-electron chi connectivity index (χ3n) is 6.05. The van der Waals surface area contributed by atoms with Gasteiger partial charge in [-0.1, -0.05) is 0 Å². The highest BCUT2D eigenvalue weighted by Crippen LogP contribution is 2.37. The second-order valence-corrected chi connectivity index (χ2v) is 9.22. The SMILES string of the molecule is CCOC(=S)N1CCN(CCN2C(=S)N(c3ccc(C#N)c(C(F)(F)F)c3)C(=O)C2(C)C)CC1. The predicted molar refractivity (Wildman–Crippen MR) is 129 cm³/mol. The lowest BCUT2D eigenvalue weighted by Gasteiger charge is -2.37. The van der Waals surface area contributed by atoms with Gasteiger partial charge in [-0.3, -0.25) is 14.6 Å². The van der Waals surface area contributed by atoms with Gasteiger partial charge in [0.1, 0.15) is 5.54 Å². The summed E-state index contributed by atoms with van der Waals surface area (Å²) in [6.45, 7) is 9.85. The molecule has 0 radical (unpaired) electrons. The maximum absolute atomic E-state index is 13.4. The molecule has 0 aliphatic carbocycles. The van der Waals surface area contributed by atoms with Crippen molar-refractivity contribution in [3.63, 3.8) is 0 Å². The van der Waals surface area contributed by atoms with Gasteiger partial charge >= 0.3 is 6.18 Å². The number of ether oxygens (including phenoxy) is 1. The van der Waals surface area contributed by atoms with E-state index < -0.39 is 28.7 Å². The third-order valence-corrected chi connectivity index (χ3v) is 6.83. The van der Waals surface area contributed by atoms with Crippen LogP contribution in [0.5, 0.6) is 0 Å². The second-order valence-electron chi connectivity index (χ2n) is 8.50. The van der Waals surface area contributed by atoms with Gasteiger partial charge in [0.05, 0.1) is 29.5 Å². The van der Waals surface area contributed by atoms with Crippen molar-refractivity contribution in [1.82, 2.24) is 14.7 Å².